The van der Waals surface area contributed by atoms with Crippen LogP contribution in [0.25, 0.3) is 0 Å². The van der Waals surface area contributed by atoms with Crippen molar-refractivity contribution >= 4 is 23.8 Å². The maximum absolute atomic E-state index is 12.5. The highest BCUT2D eigenvalue weighted by Crippen LogP contribution is 2.23. The monoisotopic (exact) mass is 370 g/mol. The SMILES string of the molecule is CC(C)(C)OC(=O)Cn1cccc1C(=O)ON1C(=O)c2ccccc2C1=O. The second-order valence-electron chi connectivity index (χ2n) is 6.94. The van der Waals surface area contributed by atoms with Crippen molar-refractivity contribution in [3.05, 3.63) is 59.4 Å². The van der Waals surface area contributed by atoms with Gasteiger partial charge in [0.1, 0.15) is 17.8 Å². The number of imide groups is 1. The molecule has 1 aliphatic rings. The molecule has 0 atom stereocenters. The molecular formula is C19H18N2O6. The van der Waals surface area contributed by atoms with Gasteiger partial charge in [-0.25, -0.2) is 4.79 Å². The Morgan fingerprint density at radius 2 is 1.56 bits per heavy atom. The minimum absolute atomic E-state index is 0.0115. The zero-order valence-corrected chi connectivity index (χ0v) is 15.1. The van der Waals surface area contributed by atoms with E-state index in [1.807, 2.05) is 0 Å². The van der Waals surface area contributed by atoms with Crippen LogP contribution < -0.4 is 0 Å². The molecule has 1 aliphatic heterocycles. The van der Waals surface area contributed by atoms with Crippen molar-refractivity contribution in [1.29, 1.82) is 0 Å². The minimum Gasteiger partial charge on any atom is -0.459 e. The van der Waals surface area contributed by atoms with Gasteiger partial charge in [-0.15, -0.1) is 0 Å². The summed E-state index contributed by atoms with van der Waals surface area (Å²) in [5.74, 6) is -2.89. The zero-order valence-electron chi connectivity index (χ0n) is 15.1. The van der Waals surface area contributed by atoms with E-state index in [1.165, 1.54) is 29.0 Å². The van der Waals surface area contributed by atoms with Crippen molar-refractivity contribution in [2.24, 2.45) is 0 Å². The molecule has 3 rings (SSSR count). The van der Waals surface area contributed by atoms with Crippen LogP contribution in [0, 0.1) is 0 Å². The molecule has 0 aliphatic carbocycles. The smallest absolute Gasteiger partial charge is 0.380 e. The molecule has 0 N–H and O–H groups in total. The quantitative estimate of drug-likeness (QED) is 0.605. The van der Waals surface area contributed by atoms with Crippen LogP contribution >= 0.6 is 0 Å². The average molecular weight is 370 g/mol. The van der Waals surface area contributed by atoms with Crippen LogP contribution in [-0.4, -0.2) is 39.0 Å². The summed E-state index contributed by atoms with van der Waals surface area (Å²) in [6.45, 7) is 4.99. The normalized spacial score (nSPS) is 13.5. The number of benzene rings is 1. The summed E-state index contributed by atoms with van der Waals surface area (Å²) in [7, 11) is 0. The van der Waals surface area contributed by atoms with Gasteiger partial charge in [-0.3, -0.25) is 14.4 Å². The number of nitrogens with zero attached hydrogens (tertiary/aromatic N) is 2. The molecule has 0 spiro atoms. The molecule has 27 heavy (non-hydrogen) atoms. The predicted octanol–water partition coefficient (Wildman–Crippen LogP) is 2.20. The molecule has 0 bridgehead atoms. The third-order valence-corrected chi connectivity index (χ3v) is 3.69. The molecule has 8 heteroatoms. The van der Waals surface area contributed by atoms with Crippen LogP contribution in [0.1, 0.15) is 52.0 Å². The number of aromatic nitrogens is 1. The highest BCUT2D eigenvalue weighted by molar-refractivity contribution is 6.21. The number of hydrogen-bond donors (Lipinski definition) is 0. The van der Waals surface area contributed by atoms with Crippen LogP contribution in [0.3, 0.4) is 0 Å². The molecular weight excluding hydrogens is 352 g/mol. The van der Waals surface area contributed by atoms with E-state index in [1.54, 1.807) is 39.0 Å². The molecule has 0 saturated carbocycles. The van der Waals surface area contributed by atoms with Gasteiger partial charge in [-0.05, 0) is 45.0 Å². The van der Waals surface area contributed by atoms with Crippen LogP contribution in [0.4, 0.5) is 0 Å². The molecule has 2 heterocycles. The Balaban J connectivity index is 1.73. The molecule has 1 aromatic heterocycles. The van der Waals surface area contributed by atoms with Gasteiger partial charge in [0.2, 0.25) is 0 Å². The summed E-state index contributed by atoms with van der Waals surface area (Å²) in [6, 6.07) is 9.15. The number of ether oxygens (including phenoxy) is 1. The van der Waals surface area contributed by atoms with Crippen LogP contribution in [0.2, 0.25) is 0 Å². The molecule has 140 valence electrons. The Bertz CT molecular complexity index is 903. The molecule has 0 fully saturated rings. The number of esters is 1. The van der Waals surface area contributed by atoms with Crippen molar-refractivity contribution in [3.8, 4) is 0 Å². The van der Waals surface area contributed by atoms with Gasteiger partial charge < -0.3 is 14.1 Å². The van der Waals surface area contributed by atoms with E-state index in [9.17, 15) is 19.2 Å². The first kappa shape index (κ1) is 18.4. The minimum atomic E-state index is -0.932. The Morgan fingerprint density at radius 3 is 2.11 bits per heavy atom. The summed E-state index contributed by atoms with van der Waals surface area (Å²) in [6.07, 6.45) is 1.50. The third kappa shape index (κ3) is 3.74. The fourth-order valence-corrected chi connectivity index (χ4v) is 2.63. The number of hydrogen-bond acceptors (Lipinski definition) is 6. The molecule has 2 aromatic rings. The van der Waals surface area contributed by atoms with Crippen LogP contribution in [-0.2, 0) is 20.9 Å². The van der Waals surface area contributed by atoms with Crippen molar-refractivity contribution in [2.45, 2.75) is 32.9 Å². The third-order valence-electron chi connectivity index (χ3n) is 3.69. The topological polar surface area (TPSA) is 94.9 Å². The van der Waals surface area contributed by atoms with Crippen molar-refractivity contribution in [2.75, 3.05) is 0 Å². The largest absolute Gasteiger partial charge is 0.459 e. The molecule has 0 radical (unpaired) electrons. The lowest BCUT2D eigenvalue weighted by Gasteiger charge is -2.20. The highest BCUT2D eigenvalue weighted by Gasteiger charge is 2.39. The van der Waals surface area contributed by atoms with Gasteiger partial charge in [0, 0.05) is 6.20 Å². The average Bonchev–Trinajstić information content (AvgIpc) is 3.12. The van der Waals surface area contributed by atoms with Crippen molar-refractivity contribution in [3.63, 3.8) is 0 Å². The first-order valence-corrected chi connectivity index (χ1v) is 8.24. The summed E-state index contributed by atoms with van der Waals surface area (Å²) in [5.41, 5.74) is -0.318. The fraction of sp³-hybridized carbons (Fsp3) is 0.263. The van der Waals surface area contributed by atoms with Gasteiger partial charge >= 0.3 is 11.9 Å². The van der Waals surface area contributed by atoms with E-state index in [0.717, 1.165) is 0 Å². The lowest BCUT2D eigenvalue weighted by atomic mass is 10.1. The highest BCUT2D eigenvalue weighted by atomic mass is 16.7. The van der Waals surface area contributed by atoms with E-state index in [0.29, 0.717) is 5.06 Å². The van der Waals surface area contributed by atoms with Gasteiger partial charge in [-0.1, -0.05) is 17.2 Å². The Labute approximate surface area is 155 Å². The first-order valence-electron chi connectivity index (χ1n) is 8.24. The molecule has 0 unspecified atom stereocenters. The Morgan fingerprint density at radius 1 is 0.963 bits per heavy atom. The molecule has 2 amide bonds. The van der Waals surface area contributed by atoms with E-state index in [2.05, 4.69) is 0 Å². The van der Waals surface area contributed by atoms with E-state index in [-0.39, 0.29) is 23.4 Å². The van der Waals surface area contributed by atoms with E-state index in [4.69, 9.17) is 9.57 Å². The number of carbonyl (C=O) groups is 4. The van der Waals surface area contributed by atoms with Crippen LogP contribution in [0.5, 0.6) is 0 Å². The lowest BCUT2D eigenvalue weighted by molar-refractivity contribution is -0.155. The number of rotatable bonds is 4. The maximum atomic E-state index is 12.5. The number of amides is 2. The number of carbonyl (C=O) groups excluding carboxylic acids is 4. The first-order chi connectivity index (χ1) is 12.7. The molecule has 0 saturated heterocycles. The summed E-state index contributed by atoms with van der Waals surface area (Å²) >= 11 is 0. The van der Waals surface area contributed by atoms with Gasteiger partial charge in [0.05, 0.1) is 11.1 Å². The van der Waals surface area contributed by atoms with Gasteiger partial charge in [-0.2, -0.15) is 0 Å². The Kier molecular flexibility index (Phi) is 4.57. The van der Waals surface area contributed by atoms with Crippen molar-refractivity contribution in [1.82, 2.24) is 9.63 Å². The standard InChI is InChI=1S/C19H18N2O6/c1-19(2,3)26-15(22)11-20-10-6-9-14(20)18(25)27-21-16(23)12-7-4-5-8-13(12)17(21)24/h4-10H,11H2,1-3H3. The molecule has 8 nitrogen and oxygen atoms in total. The molecule has 1 aromatic carbocycles. The number of hydroxylamine groups is 2. The van der Waals surface area contributed by atoms with Gasteiger partial charge in [0.25, 0.3) is 11.8 Å². The summed E-state index contributed by atoms with van der Waals surface area (Å²) < 4.78 is 6.55. The Hall–Kier alpha value is -3.42. The lowest BCUT2D eigenvalue weighted by Crippen LogP contribution is -2.33. The second kappa shape index (κ2) is 6.71. The summed E-state index contributed by atoms with van der Waals surface area (Å²) in [4.78, 5) is 54.0. The predicted molar refractivity (Wildman–Crippen MR) is 92.6 cm³/mol. The van der Waals surface area contributed by atoms with E-state index >= 15 is 0 Å². The van der Waals surface area contributed by atoms with E-state index < -0.39 is 29.4 Å². The van der Waals surface area contributed by atoms with Crippen LogP contribution in [0.15, 0.2) is 42.6 Å². The maximum Gasteiger partial charge on any atom is 0.380 e. The summed E-state index contributed by atoms with van der Waals surface area (Å²) in [5, 5.41) is 0.428. The van der Waals surface area contributed by atoms with Gasteiger partial charge in [0.15, 0.2) is 0 Å². The fourth-order valence-electron chi connectivity index (χ4n) is 2.63. The van der Waals surface area contributed by atoms with Crippen molar-refractivity contribution < 1.29 is 28.8 Å². The second-order valence-corrected chi connectivity index (χ2v) is 6.94. The zero-order chi connectivity index (χ0) is 19.8. The number of fused-ring (bicyclic) bond motifs is 1.